The first-order valence-corrected chi connectivity index (χ1v) is 11.1. The summed E-state index contributed by atoms with van der Waals surface area (Å²) in [7, 11) is 0. The molecule has 0 unspecified atom stereocenters. The minimum atomic E-state index is 0.138. The van der Waals surface area contributed by atoms with Crippen LogP contribution in [0.3, 0.4) is 0 Å². The first kappa shape index (κ1) is 20.1. The molecule has 0 N–H and O–H groups in total. The maximum absolute atomic E-state index is 13.0. The number of nitrogens with zero attached hydrogens (tertiary/aromatic N) is 2. The van der Waals surface area contributed by atoms with Gasteiger partial charge in [-0.2, -0.15) is 0 Å². The topological polar surface area (TPSA) is 23.6 Å². The lowest BCUT2D eigenvalue weighted by atomic mass is 9.96. The second-order valence-corrected chi connectivity index (χ2v) is 8.68. The maximum atomic E-state index is 13.0. The summed E-state index contributed by atoms with van der Waals surface area (Å²) in [6.07, 6.45) is 0. The van der Waals surface area contributed by atoms with Gasteiger partial charge in [0, 0.05) is 35.3 Å². The zero-order valence-electron chi connectivity index (χ0n) is 16.6. The van der Waals surface area contributed by atoms with Gasteiger partial charge in [-0.05, 0) is 58.3 Å². The summed E-state index contributed by atoms with van der Waals surface area (Å²) >= 11 is 2.30. The van der Waals surface area contributed by atoms with Crippen molar-refractivity contribution in [2.75, 3.05) is 26.2 Å². The van der Waals surface area contributed by atoms with Gasteiger partial charge in [-0.25, -0.2) is 0 Å². The third kappa shape index (κ3) is 4.54. The van der Waals surface area contributed by atoms with E-state index in [2.05, 4.69) is 95.1 Å². The second-order valence-electron chi connectivity index (χ2n) is 7.52. The van der Waals surface area contributed by atoms with Crippen LogP contribution in [0.4, 0.5) is 0 Å². The van der Waals surface area contributed by atoms with Crippen LogP contribution in [-0.2, 0) is 0 Å². The Labute approximate surface area is 186 Å². The number of halogens is 1. The van der Waals surface area contributed by atoms with Gasteiger partial charge in [-0.15, -0.1) is 0 Å². The summed E-state index contributed by atoms with van der Waals surface area (Å²) in [5.41, 5.74) is 4.59. The van der Waals surface area contributed by atoms with Crippen LogP contribution in [0.15, 0.2) is 78.9 Å². The summed E-state index contributed by atoms with van der Waals surface area (Å²) < 4.78 is 1.14. The maximum Gasteiger partial charge on any atom is 0.253 e. The van der Waals surface area contributed by atoms with E-state index >= 15 is 0 Å². The van der Waals surface area contributed by atoms with Gasteiger partial charge in [0.2, 0.25) is 0 Å². The van der Waals surface area contributed by atoms with Crippen LogP contribution in [0.25, 0.3) is 0 Å². The van der Waals surface area contributed by atoms with Crippen LogP contribution in [-0.4, -0.2) is 41.9 Å². The highest BCUT2D eigenvalue weighted by Gasteiger charge is 2.28. The highest BCUT2D eigenvalue weighted by Crippen LogP contribution is 2.29. The Balaban J connectivity index is 1.51. The predicted octanol–water partition coefficient (Wildman–Crippen LogP) is 5.15. The summed E-state index contributed by atoms with van der Waals surface area (Å²) in [4.78, 5) is 17.5. The van der Waals surface area contributed by atoms with E-state index in [1.165, 1.54) is 16.7 Å². The molecule has 29 heavy (non-hydrogen) atoms. The molecule has 0 spiro atoms. The fourth-order valence-corrected chi connectivity index (χ4v) is 4.49. The molecule has 0 bridgehead atoms. The highest BCUT2D eigenvalue weighted by molar-refractivity contribution is 14.1. The lowest BCUT2D eigenvalue weighted by molar-refractivity contribution is 0.0597. The number of aryl methyl sites for hydroxylation is 1. The smallest absolute Gasteiger partial charge is 0.253 e. The van der Waals surface area contributed by atoms with E-state index in [4.69, 9.17) is 0 Å². The summed E-state index contributed by atoms with van der Waals surface area (Å²) in [5.74, 6) is 0.138. The van der Waals surface area contributed by atoms with Gasteiger partial charge in [-0.1, -0.05) is 66.7 Å². The largest absolute Gasteiger partial charge is 0.336 e. The van der Waals surface area contributed by atoms with Crippen LogP contribution < -0.4 is 0 Å². The predicted molar refractivity (Wildman–Crippen MR) is 126 cm³/mol. The van der Waals surface area contributed by atoms with Crippen molar-refractivity contribution >= 4 is 28.5 Å². The van der Waals surface area contributed by atoms with E-state index in [9.17, 15) is 4.79 Å². The number of hydrogen-bond acceptors (Lipinski definition) is 2. The Kier molecular flexibility index (Phi) is 6.31. The number of carbonyl (C=O) groups is 1. The molecule has 1 amide bonds. The normalized spacial score (nSPS) is 14.9. The molecule has 0 aliphatic carbocycles. The average Bonchev–Trinajstić information content (AvgIpc) is 2.77. The van der Waals surface area contributed by atoms with E-state index in [1.54, 1.807) is 0 Å². The molecule has 1 fully saturated rings. The van der Waals surface area contributed by atoms with Crippen LogP contribution in [0.2, 0.25) is 0 Å². The third-order valence-corrected chi connectivity index (χ3v) is 6.78. The molecule has 1 aliphatic heterocycles. The summed E-state index contributed by atoms with van der Waals surface area (Å²) in [5, 5.41) is 0. The number of carbonyl (C=O) groups excluding carboxylic acids is 1. The molecule has 1 saturated heterocycles. The molecule has 4 rings (SSSR count). The zero-order chi connectivity index (χ0) is 20.2. The van der Waals surface area contributed by atoms with Crippen molar-refractivity contribution in [3.63, 3.8) is 0 Å². The van der Waals surface area contributed by atoms with Crippen molar-refractivity contribution in [3.8, 4) is 0 Å². The molecule has 3 aromatic rings. The standard InChI is InChI=1S/C25H25IN2O/c1-19-12-13-22(18-23(19)26)25(29)28-16-14-27(15-17-28)24(20-8-4-2-5-9-20)21-10-6-3-7-11-21/h2-13,18,24H,14-17H2,1H3. The Morgan fingerprint density at radius 1 is 0.828 bits per heavy atom. The molecule has 4 heteroatoms. The number of amides is 1. The minimum absolute atomic E-state index is 0.138. The molecular formula is C25H25IN2O. The third-order valence-electron chi connectivity index (χ3n) is 5.62. The Bertz CT molecular complexity index is 927. The average molecular weight is 496 g/mol. The van der Waals surface area contributed by atoms with E-state index in [1.807, 2.05) is 23.1 Å². The van der Waals surface area contributed by atoms with Crippen molar-refractivity contribution in [2.24, 2.45) is 0 Å². The fraction of sp³-hybridized carbons (Fsp3) is 0.240. The van der Waals surface area contributed by atoms with Gasteiger partial charge in [-0.3, -0.25) is 9.69 Å². The molecule has 3 aromatic carbocycles. The van der Waals surface area contributed by atoms with Gasteiger partial charge in [0.15, 0.2) is 0 Å². The Morgan fingerprint density at radius 3 is 1.90 bits per heavy atom. The summed E-state index contributed by atoms with van der Waals surface area (Å²) in [6, 6.07) is 27.5. The van der Waals surface area contributed by atoms with Gasteiger partial charge < -0.3 is 4.90 Å². The molecule has 3 nitrogen and oxygen atoms in total. The molecular weight excluding hydrogens is 471 g/mol. The van der Waals surface area contributed by atoms with E-state index in [0.29, 0.717) is 0 Å². The first-order valence-electron chi connectivity index (χ1n) is 10.0. The van der Waals surface area contributed by atoms with Gasteiger partial charge in [0.1, 0.15) is 0 Å². The van der Waals surface area contributed by atoms with Crippen LogP contribution >= 0.6 is 22.6 Å². The van der Waals surface area contributed by atoms with E-state index in [-0.39, 0.29) is 11.9 Å². The van der Waals surface area contributed by atoms with Crippen LogP contribution in [0.1, 0.15) is 33.1 Å². The molecule has 1 heterocycles. The van der Waals surface area contributed by atoms with E-state index in [0.717, 1.165) is 35.3 Å². The Morgan fingerprint density at radius 2 is 1.38 bits per heavy atom. The molecule has 1 aliphatic rings. The SMILES string of the molecule is Cc1ccc(C(=O)N2CCN(C(c3ccccc3)c3ccccc3)CC2)cc1I. The number of rotatable bonds is 4. The second kappa shape index (κ2) is 9.09. The van der Waals surface area contributed by atoms with Crippen molar-refractivity contribution in [2.45, 2.75) is 13.0 Å². The van der Waals surface area contributed by atoms with Crippen molar-refractivity contribution in [3.05, 3.63) is 105 Å². The minimum Gasteiger partial charge on any atom is -0.336 e. The van der Waals surface area contributed by atoms with Crippen molar-refractivity contribution in [1.82, 2.24) is 9.80 Å². The van der Waals surface area contributed by atoms with E-state index < -0.39 is 0 Å². The highest BCUT2D eigenvalue weighted by atomic mass is 127. The lowest BCUT2D eigenvalue weighted by Gasteiger charge is -2.39. The zero-order valence-corrected chi connectivity index (χ0v) is 18.7. The van der Waals surface area contributed by atoms with Crippen molar-refractivity contribution in [1.29, 1.82) is 0 Å². The van der Waals surface area contributed by atoms with Gasteiger partial charge in [0.25, 0.3) is 5.91 Å². The Hall–Kier alpha value is -2.18. The van der Waals surface area contributed by atoms with Crippen molar-refractivity contribution < 1.29 is 4.79 Å². The fourth-order valence-electron chi connectivity index (χ4n) is 3.98. The molecule has 0 atom stereocenters. The molecule has 0 saturated carbocycles. The molecule has 0 radical (unpaired) electrons. The number of benzene rings is 3. The number of piperazine rings is 1. The monoisotopic (exact) mass is 496 g/mol. The quantitative estimate of drug-likeness (QED) is 0.467. The first-order chi connectivity index (χ1) is 14.1. The van der Waals surface area contributed by atoms with Crippen LogP contribution in [0, 0.1) is 10.5 Å². The van der Waals surface area contributed by atoms with Gasteiger partial charge >= 0.3 is 0 Å². The summed E-state index contributed by atoms with van der Waals surface area (Å²) in [6.45, 7) is 5.30. The van der Waals surface area contributed by atoms with Crippen LogP contribution in [0.5, 0.6) is 0 Å². The lowest BCUT2D eigenvalue weighted by Crippen LogP contribution is -2.49. The number of hydrogen-bond donors (Lipinski definition) is 0. The molecule has 148 valence electrons. The van der Waals surface area contributed by atoms with Gasteiger partial charge in [0.05, 0.1) is 6.04 Å². The molecule has 0 aromatic heterocycles.